The monoisotopic (exact) mass is 170 g/mol. The summed E-state index contributed by atoms with van der Waals surface area (Å²) in [7, 11) is 0. The molecular formula is C13H14. The standard InChI is InChI=1S/C13H14/c1-10(2)12-8-7-11-5-3-4-6-13(11)9-12/h3,5,7-9H,1,4,6H2,2H3. The van der Waals surface area contributed by atoms with Gasteiger partial charge in [0.2, 0.25) is 0 Å². The lowest BCUT2D eigenvalue weighted by atomic mass is 9.94. The predicted octanol–water partition coefficient (Wildman–Crippen LogP) is 3.68. The molecule has 0 saturated heterocycles. The maximum Gasteiger partial charge on any atom is -0.0227 e. The van der Waals surface area contributed by atoms with Gasteiger partial charge in [-0.25, -0.2) is 0 Å². The molecule has 13 heavy (non-hydrogen) atoms. The smallest absolute Gasteiger partial charge is 0.0227 e. The molecule has 66 valence electrons. The highest BCUT2D eigenvalue weighted by atomic mass is 14.1. The van der Waals surface area contributed by atoms with E-state index in [4.69, 9.17) is 0 Å². The lowest BCUT2D eigenvalue weighted by molar-refractivity contribution is 0.984. The highest BCUT2D eigenvalue weighted by molar-refractivity contribution is 5.66. The van der Waals surface area contributed by atoms with Crippen LogP contribution in [0.4, 0.5) is 0 Å². The van der Waals surface area contributed by atoms with Gasteiger partial charge in [0.1, 0.15) is 0 Å². The molecule has 0 saturated carbocycles. The summed E-state index contributed by atoms with van der Waals surface area (Å²) in [6.45, 7) is 6.01. The van der Waals surface area contributed by atoms with Gasteiger partial charge in [-0.3, -0.25) is 0 Å². The molecule has 0 nitrogen and oxygen atoms in total. The summed E-state index contributed by atoms with van der Waals surface area (Å²) in [5.41, 5.74) is 5.26. The zero-order chi connectivity index (χ0) is 9.26. The van der Waals surface area contributed by atoms with Crippen molar-refractivity contribution in [2.24, 2.45) is 0 Å². The minimum absolute atomic E-state index is 1.15. The largest absolute Gasteiger partial charge is 0.0955 e. The Balaban J connectivity index is 2.48. The van der Waals surface area contributed by atoms with Gasteiger partial charge < -0.3 is 0 Å². The van der Waals surface area contributed by atoms with Crippen molar-refractivity contribution >= 4 is 11.6 Å². The second-order valence-electron chi connectivity index (χ2n) is 3.63. The van der Waals surface area contributed by atoms with E-state index in [1.165, 1.54) is 29.5 Å². The Morgan fingerprint density at radius 2 is 2.23 bits per heavy atom. The van der Waals surface area contributed by atoms with Crippen LogP contribution in [0.25, 0.3) is 11.6 Å². The van der Waals surface area contributed by atoms with Crippen molar-refractivity contribution in [3.05, 3.63) is 47.5 Å². The molecule has 0 aliphatic heterocycles. The first-order valence-corrected chi connectivity index (χ1v) is 4.73. The fraction of sp³-hybridized carbons (Fsp3) is 0.231. The van der Waals surface area contributed by atoms with E-state index in [-0.39, 0.29) is 0 Å². The van der Waals surface area contributed by atoms with E-state index >= 15 is 0 Å². The quantitative estimate of drug-likeness (QED) is 0.603. The molecule has 0 unspecified atom stereocenters. The maximum atomic E-state index is 3.96. The van der Waals surface area contributed by atoms with Crippen molar-refractivity contribution in [2.75, 3.05) is 0 Å². The predicted molar refractivity (Wildman–Crippen MR) is 58.5 cm³/mol. The fourth-order valence-electron chi connectivity index (χ4n) is 1.70. The molecule has 0 fully saturated rings. The van der Waals surface area contributed by atoms with Gasteiger partial charge in [0.15, 0.2) is 0 Å². The van der Waals surface area contributed by atoms with Crippen LogP contribution >= 0.6 is 0 Å². The van der Waals surface area contributed by atoms with Crippen LogP contribution in [0.2, 0.25) is 0 Å². The Labute approximate surface area is 79.6 Å². The molecule has 0 radical (unpaired) electrons. The van der Waals surface area contributed by atoms with Gasteiger partial charge in [0.25, 0.3) is 0 Å². The third-order valence-corrected chi connectivity index (χ3v) is 2.51. The summed E-state index contributed by atoms with van der Waals surface area (Å²) in [4.78, 5) is 0. The fourth-order valence-corrected chi connectivity index (χ4v) is 1.70. The molecule has 2 rings (SSSR count). The number of hydrogen-bond acceptors (Lipinski definition) is 0. The third kappa shape index (κ3) is 1.57. The molecule has 0 spiro atoms. The summed E-state index contributed by atoms with van der Waals surface area (Å²) in [5.74, 6) is 0. The second-order valence-corrected chi connectivity index (χ2v) is 3.63. The number of aryl methyl sites for hydroxylation is 1. The zero-order valence-electron chi connectivity index (χ0n) is 8.01. The van der Waals surface area contributed by atoms with Crippen molar-refractivity contribution in [3.63, 3.8) is 0 Å². The van der Waals surface area contributed by atoms with Crippen LogP contribution in [0.3, 0.4) is 0 Å². The lowest BCUT2D eigenvalue weighted by Crippen LogP contribution is -1.94. The second kappa shape index (κ2) is 3.21. The summed E-state index contributed by atoms with van der Waals surface area (Å²) < 4.78 is 0. The number of allylic oxidation sites excluding steroid dienone is 2. The van der Waals surface area contributed by atoms with E-state index in [1.54, 1.807) is 0 Å². The molecule has 0 N–H and O–H groups in total. The minimum atomic E-state index is 1.15. The molecule has 0 atom stereocenters. The number of hydrogen-bond donors (Lipinski definition) is 0. The first kappa shape index (κ1) is 8.31. The molecule has 0 bridgehead atoms. The van der Waals surface area contributed by atoms with E-state index < -0.39 is 0 Å². The SMILES string of the molecule is C=C(C)c1ccc2c(c1)CCC=C2. The van der Waals surface area contributed by atoms with Crippen molar-refractivity contribution in [1.82, 2.24) is 0 Å². The molecule has 0 heterocycles. The number of rotatable bonds is 1. The highest BCUT2D eigenvalue weighted by Gasteiger charge is 2.04. The van der Waals surface area contributed by atoms with E-state index in [9.17, 15) is 0 Å². The van der Waals surface area contributed by atoms with Crippen molar-refractivity contribution in [3.8, 4) is 0 Å². The van der Waals surface area contributed by atoms with Crippen LogP contribution in [0.15, 0.2) is 30.9 Å². The highest BCUT2D eigenvalue weighted by Crippen LogP contribution is 2.22. The van der Waals surface area contributed by atoms with Gasteiger partial charge in [-0.1, -0.05) is 42.5 Å². The molecule has 1 aromatic carbocycles. The topological polar surface area (TPSA) is 0 Å². The summed E-state index contributed by atoms with van der Waals surface area (Å²) in [6, 6.07) is 6.60. The van der Waals surface area contributed by atoms with Gasteiger partial charge in [0, 0.05) is 0 Å². The molecule has 0 aromatic heterocycles. The first-order valence-electron chi connectivity index (χ1n) is 4.73. The average molecular weight is 170 g/mol. The summed E-state index contributed by atoms with van der Waals surface area (Å²) in [5, 5.41) is 0. The maximum absolute atomic E-state index is 3.96. The van der Waals surface area contributed by atoms with E-state index in [0.717, 1.165) is 5.57 Å². The van der Waals surface area contributed by atoms with Crippen LogP contribution < -0.4 is 0 Å². The van der Waals surface area contributed by atoms with Crippen LogP contribution in [-0.2, 0) is 6.42 Å². The van der Waals surface area contributed by atoms with E-state index in [1.807, 2.05) is 0 Å². The first-order chi connectivity index (χ1) is 6.27. The van der Waals surface area contributed by atoms with Crippen LogP contribution in [-0.4, -0.2) is 0 Å². The summed E-state index contributed by atoms with van der Waals surface area (Å²) in [6.07, 6.45) is 6.80. The Morgan fingerprint density at radius 1 is 1.38 bits per heavy atom. The Kier molecular flexibility index (Phi) is 2.05. The third-order valence-electron chi connectivity index (χ3n) is 2.51. The van der Waals surface area contributed by atoms with Crippen molar-refractivity contribution in [1.29, 1.82) is 0 Å². The normalized spacial score (nSPS) is 13.9. The van der Waals surface area contributed by atoms with Gasteiger partial charge in [-0.15, -0.1) is 0 Å². The Hall–Kier alpha value is -1.30. The van der Waals surface area contributed by atoms with Crippen molar-refractivity contribution < 1.29 is 0 Å². The van der Waals surface area contributed by atoms with Gasteiger partial charge in [0.05, 0.1) is 0 Å². The van der Waals surface area contributed by atoms with Gasteiger partial charge in [-0.05, 0) is 36.5 Å². The molecular weight excluding hydrogens is 156 g/mol. The van der Waals surface area contributed by atoms with Crippen LogP contribution in [0.1, 0.15) is 30.0 Å². The molecule has 0 amide bonds. The number of benzene rings is 1. The van der Waals surface area contributed by atoms with Gasteiger partial charge >= 0.3 is 0 Å². The Bertz CT molecular complexity index is 370. The zero-order valence-corrected chi connectivity index (χ0v) is 8.01. The molecule has 1 aliphatic rings. The Morgan fingerprint density at radius 3 is 3.00 bits per heavy atom. The molecule has 1 aromatic rings. The minimum Gasteiger partial charge on any atom is -0.0955 e. The van der Waals surface area contributed by atoms with E-state index in [2.05, 4.69) is 43.9 Å². The van der Waals surface area contributed by atoms with Gasteiger partial charge in [-0.2, -0.15) is 0 Å². The molecule has 1 aliphatic carbocycles. The average Bonchev–Trinajstić information content (AvgIpc) is 2.17. The van der Waals surface area contributed by atoms with Crippen LogP contribution in [0, 0.1) is 0 Å². The van der Waals surface area contributed by atoms with E-state index in [0.29, 0.717) is 0 Å². The molecule has 0 heteroatoms. The van der Waals surface area contributed by atoms with Crippen molar-refractivity contribution in [2.45, 2.75) is 19.8 Å². The number of fused-ring (bicyclic) bond motifs is 1. The summed E-state index contributed by atoms with van der Waals surface area (Å²) >= 11 is 0. The lowest BCUT2D eigenvalue weighted by Gasteiger charge is -2.11. The van der Waals surface area contributed by atoms with Crippen LogP contribution in [0.5, 0.6) is 0 Å².